The maximum absolute atomic E-state index is 10.9. The molecule has 3 N–H and O–H groups in total. The molecular weight excluding hydrogens is 296 g/mol. The molecule has 0 radical (unpaired) electrons. The lowest BCUT2D eigenvalue weighted by molar-refractivity contribution is -0.138. The van der Waals surface area contributed by atoms with E-state index in [2.05, 4.69) is 10.3 Å². The lowest BCUT2D eigenvalue weighted by Gasteiger charge is -2.14. The summed E-state index contributed by atoms with van der Waals surface area (Å²) >= 11 is 3.21. The van der Waals surface area contributed by atoms with Crippen molar-refractivity contribution in [1.29, 1.82) is 0 Å². The average molecular weight is 310 g/mol. The van der Waals surface area contributed by atoms with E-state index in [9.17, 15) is 9.90 Å². The summed E-state index contributed by atoms with van der Waals surface area (Å²) in [5, 5.41) is 22.8. The van der Waals surface area contributed by atoms with Crippen molar-refractivity contribution in [1.82, 2.24) is 5.32 Å². The molecule has 1 aromatic carbocycles. The number of phenols is 1. The number of aliphatic carboxylic acids is 1. The zero-order valence-electron chi connectivity index (χ0n) is 10.5. The lowest BCUT2D eigenvalue weighted by Crippen LogP contribution is -2.41. The fourth-order valence-electron chi connectivity index (χ4n) is 2.21. The van der Waals surface area contributed by atoms with E-state index in [1.54, 1.807) is 35.7 Å². The van der Waals surface area contributed by atoms with Gasteiger partial charge in [-0.1, -0.05) is 12.1 Å². The standard InChI is InChI=1S/C13H14N2O3S2/c16-10-4-2-1-3-7(10)11-14-8(5-19-11)12-15-9(6-20-12)13(17)18/h1-4,8-9,12,15-16H,5-6H2,(H,17,18). The highest BCUT2D eigenvalue weighted by atomic mass is 32.2. The Morgan fingerprint density at radius 2 is 2.15 bits per heavy atom. The molecule has 1 aromatic rings. The second-order valence-corrected chi connectivity index (χ2v) is 6.82. The fourth-order valence-corrected chi connectivity index (χ4v) is 4.74. The number of carbonyl (C=O) groups is 1. The highest BCUT2D eigenvalue weighted by Crippen LogP contribution is 2.33. The van der Waals surface area contributed by atoms with Gasteiger partial charge < -0.3 is 10.2 Å². The van der Waals surface area contributed by atoms with Crippen molar-refractivity contribution in [3.05, 3.63) is 29.8 Å². The van der Waals surface area contributed by atoms with Crippen LogP contribution in [0.5, 0.6) is 5.75 Å². The Kier molecular flexibility index (Phi) is 3.91. The summed E-state index contributed by atoms with van der Waals surface area (Å²) in [6.07, 6.45) is 0. The minimum atomic E-state index is -0.810. The van der Waals surface area contributed by atoms with Gasteiger partial charge in [-0.05, 0) is 12.1 Å². The van der Waals surface area contributed by atoms with Gasteiger partial charge in [0.05, 0.1) is 11.4 Å². The van der Waals surface area contributed by atoms with Gasteiger partial charge in [0.25, 0.3) is 0 Å². The SMILES string of the molecule is O=C(O)C1CSC(C2CSC(c3ccccc3O)=N2)N1. The van der Waals surface area contributed by atoms with E-state index in [-0.39, 0.29) is 17.2 Å². The van der Waals surface area contributed by atoms with E-state index < -0.39 is 12.0 Å². The summed E-state index contributed by atoms with van der Waals surface area (Å²) in [6, 6.07) is 6.70. The Bertz CT molecular complexity index is 564. The number of benzene rings is 1. The van der Waals surface area contributed by atoms with Gasteiger partial charge in [0.1, 0.15) is 16.8 Å². The van der Waals surface area contributed by atoms with E-state index in [4.69, 9.17) is 5.11 Å². The Balaban J connectivity index is 1.73. The summed E-state index contributed by atoms with van der Waals surface area (Å²) in [4.78, 5) is 15.6. The number of thioether (sulfide) groups is 2. The van der Waals surface area contributed by atoms with Crippen molar-refractivity contribution in [2.45, 2.75) is 17.5 Å². The van der Waals surface area contributed by atoms with E-state index in [1.807, 2.05) is 12.1 Å². The second-order valence-electron chi connectivity index (χ2n) is 4.64. The van der Waals surface area contributed by atoms with Crippen molar-refractivity contribution in [3.8, 4) is 5.75 Å². The third kappa shape index (κ3) is 2.65. The Labute approximate surface area is 124 Å². The smallest absolute Gasteiger partial charge is 0.321 e. The predicted octanol–water partition coefficient (Wildman–Crippen LogP) is 1.37. The number of aliphatic imine (C=N–C) groups is 1. The normalized spacial score (nSPS) is 29.4. The number of nitrogens with zero attached hydrogens (tertiary/aromatic N) is 1. The number of phenolic OH excluding ortho intramolecular Hbond substituents is 1. The molecule has 0 aliphatic carbocycles. The van der Waals surface area contributed by atoms with E-state index in [1.165, 1.54) is 0 Å². The maximum Gasteiger partial charge on any atom is 0.321 e. The Morgan fingerprint density at radius 3 is 2.85 bits per heavy atom. The molecule has 3 rings (SSSR count). The molecule has 1 fully saturated rings. The molecule has 0 amide bonds. The average Bonchev–Trinajstić information content (AvgIpc) is 3.08. The predicted molar refractivity (Wildman–Crippen MR) is 81.7 cm³/mol. The summed E-state index contributed by atoms with van der Waals surface area (Å²) < 4.78 is 0. The third-order valence-corrected chi connectivity index (χ3v) is 5.71. The van der Waals surface area contributed by atoms with Crippen molar-refractivity contribution >= 4 is 34.5 Å². The van der Waals surface area contributed by atoms with Crippen LogP contribution in [0.4, 0.5) is 0 Å². The van der Waals surface area contributed by atoms with Crippen LogP contribution in [0.25, 0.3) is 0 Å². The third-order valence-electron chi connectivity index (χ3n) is 3.26. The molecule has 2 aliphatic heterocycles. The van der Waals surface area contributed by atoms with Gasteiger partial charge >= 0.3 is 5.97 Å². The molecule has 0 bridgehead atoms. The van der Waals surface area contributed by atoms with Gasteiger partial charge in [0, 0.05) is 17.1 Å². The summed E-state index contributed by atoms with van der Waals surface area (Å²) in [6.45, 7) is 0. The second kappa shape index (κ2) is 5.67. The molecule has 5 nitrogen and oxygen atoms in total. The molecule has 20 heavy (non-hydrogen) atoms. The first-order chi connectivity index (χ1) is 9.65. The van der Waals surface area contributed by atoms with Crippen LogP contribution < -0.4 is 5.32 Å². The van der Waals surface area contributed by atoms with Crippen LogP contribution >= 0.6 is 23.5 Å². The summed E-state index contributed by atoms with van der Waals surface area (Å²) in [5.41, 5.74) is 0.748. The topological polar surface area (TPSA) is 81.9 Å². The molecule has 2 heterocycles. The maximum atomic E-state index is 10.9. The number of aromatic hydroxyl groups is 1. The molecule has 7 heteroatoms. The number of nitrogens with one attached hydrogen (secondary N) is 1. The number of hydrogen-bond acceptors (Lipinski definition) is 6. The number of carboxylic acid groups (broad SMARTS) is 1. The monoisotopic (exact) mass is 310 g/mol. The zero-order valence-corrected chi connectivity index (χ0v) is 12.2. The minimum absolute atomic E-state index is 0.0342. The molecule has 0 spiro atoms. The fraction of sp³-hybridized carbons (Fsp3) is 0.385. The van der Waals surface area contributed by atoms with Gasteiger partial charge in [0.15, 0.2) is 0 Å². The molecular formula is C13H14N2O3S2. The largest absolute Gasteiger partial charge is 0.507 e. The van der Waals surface area contributed by atoms with Crippen LogP contribution in [0.3, 0.4) is 0 Å². The van der Waals surface area contributed by atoms with Gasteiger partial charge in [0.2, 0.25) is 0 Å². The zero-order chi connectivity index (χ0) is 14.1. The minimum Gasteiger partial charge on any atom is -0.507 e. The van der Waals surface area contributed by atoms with Crippen LogP contribution in [-0.2, 0) is 4.79 Å². The van der Waals surface area contributed by atoms with Gasteiger partial charge in [-0.15, -0.1) is 23.5 Å². The Hall–Kier alpha value is -1.18. The van der Waals surface area contributed by atoms with Crippen LogP contribution in [0.2, 0.25) is 0 Å². The van der Waals surface area contributed by atoms with Crippen molar-refractivity contribution < 1.29 is 15.0 Å². The quantitative estimate of drug-likeness (QED) is 0.782. The number of para-hydroxylation sites is 1. The molecule has 106 valence electrons. The lowest BCUT2D eigenvalue weighted by atomic mass is 10.2. The molecule has 3 unspecified atom stereocenters. The number of carboxylic acids is 1. The number of rotatable bonds is 3. The van der Waals surface area contributed by atoms with Crippen LogP contribution in [0.1, 0.15) is 5.56 Å². The van der Waals surface area contributed by atoms with Gasteiger partial charge in [-0.3, -0.25) is 15.1 Å². The highest BCUT2D eigenvalue weighted by Gasteiger charge is 2.36. The number of hydrogen-bond donors (Lipinski definition) is 3. The van der Waals surface area contributed by atoms with Gasteiger partial charge in [-0.25, -0.2) is 0 Å². The summed E-state index contributed by atoms with van der Waals surface area (Å²) in [7, 11) is 0. The first-order valence-corrected chi connectivity index (χ1v) is 8.28. The molecule has 1 saturated heterocycles. The first kappa shape index (κ1) is 13.8. The van der Waals surface area contributed by atoms with E-state index >= 15 is 0 Å². The highest BCUT2D eigenvalue weighted by molar-refractivity contribution is 8.14. The van der Waals surface area contributed by atoms with E-state index in [0.29, 0.717) is 5.75 Å². The Morgan fingerprint density at radius 1 is 1.35 bits per heavy atom. The van der Waals surface area contributed by atoms with Crippen molar-refractivity contribution in [3.63, 3.8) is 0 Å². The molecule has 3 atom stereocenters. The van der Waals surface area contributed by atoms with Gasteiger partial charge in [-0.2, -0.15) is 0 Å². The molecule has 0 aromatic heterocycles. The van der Waals surface area contributed by atoms with Crippen molar-refractivity contribution in [2.75, 3.05) is 11.5 Å². The summed E-state index contributed by atoms with van der Waals surface area (Å²) in [5.74, 6) is 0.800. The first-order valence-electron chi connectivity index (χ1n) is 6.24. The van der Waals surface area contributed by atoms with Crippen LogP contribution in [0.15, 0.2) is 29.3 Å². The van der Waals surface area contributed by atoms with Crippen LogP contribution in [0, 0.1) is 0 Å². The van der Waals surface area contributed by atoms with Crippen LogP contribution in [-0.4, -0.2) is 50.2 Å². The van der Waals surface area contributed by atoms with Crippen molar-refractivity contribution in [2.24, 2.45) is 4.99 Å². The van der Waals surface area contributed by atoms with E-state index in [0.717, 1.165) is 16.4 Å². The molecule has 0 saturated carbocycles. The molecule has 2 aliphatic rings.